The number of nitro groups is 2. The Morgan fingerprint density at radius 2 is 1.39 bits per heavy atom. The molecule has 0 N–H and O–H groups in total. The van der Waals surface area contributed by atoms with Crippen molar-refractivity contribution in [1.29, 1.82) is 0 Å². The molecule has 5 heterocycles. The highest BCUT2D eigenvalue weighted by Crippen LogP contribution is 2.25. The molecule has 0 saturated carbocycles. The quantitative estimate of drug-likeness (QED) is 0.226. The Morgan fingerprint density at radius 3 is 2.03 bits per heavy atom. The molecule has 0 aliphatic carbocycles. The van der Waals surface area contributed by atoms with Gasteiger partial charge in [0.25, 0.3) is 11.4 Å². The van der Waals surface area contributed by atoms with Crippen LogP contribution < -0.4 is 0 Å². The lowest BCUT2D eigenvalue weighted by Crippen LogP contribution is -2.03. The molecule has 0 aliphatic rings. The predicted molar refractivity (Wildman–Crippen MR) is 134 cm³/mol. The number of benzene rings is 1. The van der Waals surface area contributed by atoms with Crippen molar-refractivity contribution in [2.45, 2.75) is 0 Å². The molecule has 0 atom stereocenters. The fourth-order valence-corrected chi connectivity index (χ4v) is 3.71. The van der Waals surface area contributed by atoms with Crippen LogP contribution in [0.1, 0.15) is 0 Å². The van der Waals surface area contributed by atoms with Crippen LogP contribution in [-0.4, -0.2) is 54.8 Å². The summed E-state index contributed by atoms with van der Waals surface area (Å²) in [5.74, 6) is 0.532. The first-order valence-electron chi connectivity index (χ1n) is 10.4. The van der Waals surface area contributed by atoms with E-state index in [2.05, 4.69) is 35.5 Å². The molecule has 5 aromatic heterocycles. The summed E-state index contributed by atoms with van der Waals surface area (Å²) in [4.78, 5) is 33.1. The second-order valence-electron chi connectivity index (χ2n) is 7.36. The van der Waals surface area contributed by atoms with Gasteiger partial charge >= 0.3 is 0 Å². The monoisotopic (exact) mass is 551 g/mol. The third kappa shape index (κ3) is 4.78. The average molecular weight is 552 g/mol. The minimum Gasteiger partial charge on any atom is -0.262 e. The van der Waals surface area contributed by atoms with Gasteiger partial charge in [0.1, 0.15) is 28.9 Å². The molecule has 188 valence electrons. The molecule has 6 rings (SSSR count). The van der Waals surface area contributed by atoms with Crippen LogP contribution >= 0.6 is 23.2 Å². The van der Waals surface area contributed by atoms with Gasteiger partial charge in [0, 0.05) is 18.3 Å². The first-order valence-corrected chi connectivity index (χ1v) is 11.2. The van der Waals surface area contributed by atoms with Gasteiger partial charge in [-0.25, -0.2) is 9.97 Å². The number of para-hydroxylation sites is 1. The van der Waals surface area contributed by atoms with E-state index in [0.29, 0.717) is 22.4 Å². The van der Waals surface area contributed by atoms with Crippen molar-refractivity contribution < 1.29 is 9.85 Å². The van der Waals surface area contributed by atoms with Gasteiger partial charge in [-0.05, 0) is 18.2 Å². The van der Waals surface area contributed by atoms with Crippen molar-refractivity contribution in [3.63, 3.8) is 0 Å². The van der Waals surface area contributed by atoms with Crippen LogP contribution in [0.15, 0.2) is 67.3 Å². The summed E-state index contributed by atoms with van der Waals surface area (Å²) in [7, 11) is 0. The molecule has 0 bridgehead atoms. The first kappa shape index (κ1) is 24.5. The molecule has 38 heavy (non-hydrogen) atoms. The van der Waals surface area contributed by atoms with Crippen molar-refractivity contribution in [2.75, 3.05) is 0 Å². The summed E-state index contributed by atoms with van der Waals surface area (Å²) >= 11 is 12.0. The van der Waals surface area contributed by atoms with Crippen LogP contribution in [0.2, 0.25) is 10.0 Å². The van der Waals surface area contributed by atoms with Gasteiger partial charge in [0.2, 0.25) is 0 Å². The van der Waals surface area contributed by atoms with Gasteiger partial charge < -0.3 is 0 Å². The van der Waals surface area contributed by atoms with Crippen LogP contribution in [-0.2, 0) is 0 Å². The van der Waals surface area contributed by atoms with E-state index in [-0.39, 0.29) is 27.2 Å². The van der Waals surface area contributed by atoms with Crippen LogP contribution in [0.25, 0.3) is 33.7 Å². The standard InChI is InChI=1S/C11H6ClN5O2.C10H5ClN6O2/c12-8-5-7(17(18)19)6-13-11(8)16-10-4-2-1-3-9(10)14-15-16;11-7-3-6(17(18)19)4-13-10(7)16-14-8-1-2-12-5-9(8)15-16/h1-6H;1-5H. The second-order valence-corrected chi connectivity index (χ2v) is 8.17. The summed E-state index contributed by atoms with van der Waals surface area (Å²) in [5.41, 5.74) is 2.28. The van der Waals surface area contributed by atoms with E-state index >= 15 is 0 Å². The van der Waals surface area contributed by atoms with E-state index in [1.54, 1.807) is 24.5 Å². The molecule has 0 spiro atoms. The Kier molecular flexibility index (Phi) is 6.51. The fourth-order valence-electron chi connectivity index (χ4n) is 3.23. The summed E-state index contributed by atoms with van der Waals surface area (Å²) in [6.45, 7) is 0. The Hall–Kier alpha value is -5.15. The van der Waals surface area contributed by atoms with E-state index in [4.69, 9.17) is 23.2 Å². The van der Waals surface area contributed by atoms with Crippen LogP contribution in [0.4, 0.5) is 11.4 Å². The second kappa shape index (κ2) is 10.1. The largest absolute Gasteiger partial charge is 0.289 e. The molecule has 0 unspecified atom stereocenters. The SMILES string of the molecule is O=[N+]([O-])c1cnc(-n2nc3ccncc3n2)c(Cl)c1.O=[N+]([O-])c1cnc(-n2nnc3ccccc32)c(Cl)c1. The van der Waals surface area contributed by atoms with Crippen molar-refractivity contribution in [3.05, 3.63) is 97.5 Å². The summed E-state index contributed by atoms with van der Waals surface area (Å²) < 4.78 is 1.45. The van der Waals surface area contributed by atoms with Gasteiger partial charge in [-0.1, -0.05) is 40.5 Å². The van der Waals surface area contributed by atoms with Gasteiger partial charge in [-0.2, -0.15) is 4.68 Å². The van der Waals surface area contributed by atoms with Gasteiger partial charge in [-0.15, -0.1) is 20.1 Å². The molecule has 0 aliphatic heterocycles. The Labute approximate surface area is 220 Å². The highest BCUT2D eigenvalue weighted by Gasteiger charge is 2.16. The molecule has 0 amide bonds. The zero-order chi connectivity index (χ0) is 26.8. The van der Waals surface area contributed by atoms with E-state index in [0.717, 1.165) is 17.9 Å². The minimum absolute atomic E-state index is 0.0995. The molecule has 0 saturated heterocycles. The van der Waals surface area contributed by atoms with Crippen molar-refractivity contribution in [2.24, 2.45) is 0 Å². The third-order valence-corrected chi connectivity index (χ3v) is 5.52. The lowest BCUT2D eigenvalue weighted by Gasteiger charge is -2.03. The summed E-state index contributed by atoms with van der Waals surface area (Å²) in [6, 6.07) is 11.4. The predicted octanol–water partition coefficient (Wildman–Crippen LogP) is 4.15. The highest BCUT2D eigenvalue weighted by molar-refractivity contribution is 6.32. The lowest BCUT2D eigenvalue weighted by atomic mass is 10.3. The zero-order valence-electron chi connectivity index (χ0n) is 18.7. The fraction of sp³-hybridized carbons (Fsp3) is 0. The number of hydrogen-bond acceptors (Lipinski definition) is 11. The van der Waals surface area contributed by atoms with Gasteiger partial charge in [-0.3, -0.25) is 25.2 Å². The Morgan fingerprint density at radius 1 is 0.763 bits per heavy atom. The lowest BCUT2D eigenvalue weighted by molar-refractivity contribution is -0.385. The Balaban J connectivity index is 0.000000155. The number of pyridine rings is 3. The summed E-state index contributed by atoms with van der Waals surface area (Å²) in [6.07, 6.45) is 5.38. The number of rotatable bonds is 4. The molecule has 1 aromatic carbocycles. The smallest absolute Gasteiger partial charge is 0.262 e. The number of fused-ring (bicyclic) bond motifs is 2. The number of halogens is 2. The molecule has 0 radical (unpaired) electrons. The molecule has 17 heteroatoms. The maximum atomic E-state index is 10.6. The Bertz CT molecular complexity index is 1800. The third-order valence-electron chi connectivity index (χ3n) is 4.96. The molecular weight excluding hydrogens is 541 g/mol. The van der Waals surface area contributed by atoms with Crippen LogP contribution in [0, 0.1) is 20.2 Å². The van der Waals surface area contributed by atoms with Crippen molar-refractivity contribution >= 4 is 56.6 Å². The molecule has 0 fully saturated rings. The molecular formula is C21H11Cl2N11O4. The van der Waals surface area contributed by atoms with Crippen molar-refractivity contribution in [3.8, 4) is 11.6 Å². The average Bonchev–Trinajstić information content (AvgIpc) is 3.53. The minimum atomic E-state index is -0.570. The van der Waals surface area contributed by atoms with E-state index in [9.17, 15) is 20.2 Å². The summed E-state index contributed by atoms with van der Waals surface area (Å²) in [5, 5.41) is 37.7. The zero-order valence-corrected chi connectivity index (χ0v) is 20.2. The van der Waals surface area contributed by atoms with Crippen LogP contribution in [0.3, 0.4) is 0 Å². The molecule has 6 aromatic rings. The molecule has 15 nitrogen and oxygen atoms in total. The number of nitrogens with zero attached hydrogens (tertiary/aromatic N) is 11. The maximum absolute atomic E-state index is 10.6. The van der Waals surface area contributed by atoms with Crippen molar-refractivity contribution in [1.82, 2.24) is 44.9 Å². The van der Waals surface area contributed by atoms with E-state index in [1.165, 1.54) is 21.6 Å². The van der Waals surface area contributed by atoms with Gasteiger partial charge in [0.15, 0.2) is 11.6 Å². The number of aromatic nitrogens is 9. The highest BCUT2D eigenvalue weighted by atomic mass is 35.5. The first-order chi connectivity index (χ1) is 18.3. The number of hydrogen-bond donors (Lipinski definition) is 0. The van der Waals surface area contributed by atoms with Crippen LogP contribution in [0.5, 0.6) is 0 Å². The normalized spacial score (nSPS) is 10.8. The van der Waals surface area contributed by atoms with E-state index < -0.39 is 9.85 Å². The topological polar surface area (TPSA) is 186 Å². The van der Waals surface area contributed by atoms with Gasteiger partial charge in [0.05, 0.1) is 31.6 Å². The van der Waals surface area contributed by atoms with E-state index in [1.807, 2.05) is 18.2 Å². The maximum Gasteiger partial charge on any atom is 0.289 e.